The number of hydrogen-bond donors (Lipinski definition) is 1. The summed E-state index contributed by atoms with van der Waals surface area (Å²) in [7, 11) is 0. The zero-order valence-corrected chi connectivity index (χ0v) is 10.8. The zero-order valence-electron chi connectivity index (χ0n) is 10.8. The SMILES string of the molecule is CCOC(=O)c1nnn(CC2CCCC2)c1CN. The molecule has 1 saturated carbocycles. The van der Waals surface area contributed by atoms with E-state index in [0.717, 1.165) is 6.54 Å². The van der Waals surface area contributed by atoms with E-state index >= 15 is 0 Å². The fourth-order valence-electron chi connectivity index (χ4n) is 2.48. The van der Waals surface area contributed by atoms with E-state index in [2.05, 4.69) is 10.3 Å². The summed E-state index contributed by atoms with van der Waals surface area (Å²) in [6.07, 6.45) is 5.00. The van der Waals surface area contributed by atoms with Gasteiger partial charge < -0.3 is 10.5 Å². The van der Waals surface area contributed by atoms with Gasteiger partial charge in [0.2, 0.25) is 0 Å². The minimum atomic E-state index is -0.435. The van der Waals surface area contributed by atoms with Crippen molar-refractivity contribution in [2.45, 2.75) is 45.7 Å². The van der Waals surface area contributed by atoms with Gasteiger partial charge in [-0.15, -0.1) is 5.10 Å². The maximum absolute atomic E-state index is 11.7. The van der Waals surface area contributed by atoms with Crippen LogP contribution in [0.3, 0.4) is 0 Å². The van der Waals surface area contributed by atoms with Crippen molar-refractivity contribution < 1.29 is 9.53 Å². The van der Waals surface area contributed by atoms with Gasteiger partial charge in [0.05, 0.1) is 12.3 Å². The van der Waals surface area contributed by atoms with Gasteiger partial charge in [0.25, 0.3) is 0 Å². The van der Waals surface area contributed by atoms with Crippen LogP contribution in [0, 0.1) is 5.92 Å². The quantitative estimate of drug-likeness (QED) is 0.793. The van der Waals surface area contributed by atoms with Crippen molar-refractivity contribution in [2.75, 3.05) is 6.61 Å². The molecule has 0 aliphatic heterocycles. The first-order chi connectivity index (χ1) is 8.76. The summed E-state index contributed by atoms with van der Waals surface area (Å²) < 4.78 is 6.71. The van der Waals surface area contributed by atoms with Crippen LogP contribution in [0.2, 0.25) is 0 Å². The third-order valence-electron chi connectivity index (χ3n) is 3.41. The molecule has 1 aromatic rings. The van der Waals surface area contributed by atoms with Crippen LogP contribution in [0.1, 0.15) is 48.8 Å². The highest BCUT2D eigenvalue weighted by Gasteiger charge is 2.22. The minimum Gasteiger partial charge on any atom is -0.461 e. The van der Waals surface area contributed by atoms with Crippen LogP contribution < -0.4 is 5.73 Å². The molecule has 100 valence electrons. The van der Waals surface area contributed by atoms with E-state index in [-0.39, 0.29) is 12.2 Å². The van der Waals surface area contributed by atoms with E-state index in [9.17, 15) is 4.79 Å². The molecule has 6 nitrogen and oxygen atoms in total. The Balaban J connectivity index is 2.13. The molecule has 0 radical (unpaired) electrons. The Hall–Kier alpha value is -1.43. The van der Waals surface area contributed by atoms with E-state index < -0.39 is 5.97 Å². The van der Waals surface area contributed by atoms with Gasteiger partial charge in [-0.2, -0.15) is 0 Å². The fourth-order valence-corrected chi connectivity index (χ4v) is 2.48. The van der Waals surface area contributed by atoms with Crippen LogP contribution in [0.15, 0.2) is 0 Å². The number of nitrogens with two attached hydrogens (primary N) is 1. The number of esters is 1. The molecular weight excluding hydrogens is 232 g/mol. The third kappa shape index (κ3) is 2.69. The molecule has 0 bridgehead atoms. The van der Waals surface area contributed by atoms with Gasteiger partial charge in [-0.25, -0.2) is 9.48 Å². The van der Waals surface area contributed by atoms with Crippen LogP contribution in [0.5, 0.6) is 0 Å². The van der Waals surface area contributed by atoms with Gasteiger partial charge in [-0.05, 0) is 25.7 Å². The molecule has 18 heavy (non-hydrogen) atoms. The van der Waals surface area contributed by atoms with Crippen LogP contribution in [0.25, 0.3) is 0 Å². The van der Waals surface area contributed by atoms with Crippen LogP contribution in [0.4, 0.5) is 0 Å². The van der Waals surface area contributed by atoms with Crippen molar-refractivity contribution in [3.05, 3.63) is 11.4 Å². The molecule has 6 heteroatoms. The monoisotopic (exact) mass is 252 g/mol. The Bertz CT molecular complexity index is 410. The Morgan fingerprint density at radius 3 is 2.83 bits per heavy atom. The van der Waals surface area contributed by atoms with Crippen molar-refractivity contribution in [2.24, 2.45) is 11.7 Å². The molecule has 1 aliphatic rings. The number of carbonyl (C=O) groups is 1. The van der Waals surface area contributed by atoms with Crippen LogP contribution in [-0.4, -0.2) is 27.6 Å². The predicted octanol–water partition coefficient (Wildman–Crippen LogP) is 1.10. The summed E-state index contributed by atoms with van der Waals surface area (Å²) in [5.74, 6) is 0.197. The number of aromatic nitrogens is 3. The largest absolute Gasteiger partial charge is 0.461 e. The van der Waals surface area contributed by atoms with Gasteiger partial charge in [0.15, 0.2) is 5.69 Å². The van der Waals surface area contributed by atoms with Crippen molar-refractivity contribution in [1.29, 1.82) is 0 Å². The molecule has 1 aliphatic carbocycles. The molecule has 0 saturated heterocycles. The van der Waals surface area contributed by atoms with Gasteiger partial charge in [-0.3, -0.25) is 0 Å². The standard InChI is InChI=1S/C12H20N4O2/c1-2-18-12(17)11-10(7-13)16(15-14-11)8-9-5-3-4-6-9/h9H,2-8,13H2,1H3. The van der Waals surface area contributed by atoms with Gasteiger partial charge in [0, 0.05) is 13.1 Å². The van der Waals surface area contributed by atoms with Crippen LogP contribution in [-0.2, 0) is 17.8 Å². The minimum absolute atomic E-state index is 0.258. The first kappa shape index (κ1) is 13.0. The topological polar surface area (TPSA) is 83.0 Å². The van der Waals surface area contributed by atoms with E-state index in [1.54, 1.807) is 11.6 Å². The second-order valence-electron chi connectivity index (χ2n) is 4.64. The van der Waals surface area contributed by atoms with Gasteiger partial charge >= 0.3 is 5.97 Å². The average molecular weight is 252 g/mol. The summed E-state index contributed by atoms with van der Waals surface area (Å²) in [6.45, 7) is 3.16. The Kier molecular flexibility index (Phi) is 4.30. The molecule has 0 unspecified atom stereocenters. The van der Waals surface area contributed by atoms with Crippen molar-refractivity contribution in [3.8, 4) is 0 Å². The molecule has 2 rings (SSSR count). The first-order valence-electron chi connectivity index (χ1n) is 6.55. The lowest BCUT2D eigenvalue weighted by Crippen LogP contribution is -2.17. The third-order valence-corrected chi connectivity index (χ3v) is 3.41. The van der Waals surface area contributed by atoms with Gasteiger partial charge in [0.1, 0.15) is 0 Å². The molecule has 1 aromatic heterocycles. The molecular formula is C12H20N4O2. The maximum atomic E-state index is 11.7. The molecule has 1 fully saturated rings. The fraction of sp³-hybridized carbons (Fsp3) is 0.750. The smallest absolute Gasteiger partial charge is 0.360 e. The number of carbonyl (C=O) groups excluding carboxylic acids is 1. The predicted molar refractivity (Wildman–Crippen MR) is 65.8 cm³/mol. The average Bonchev–Trinajstić information content (AvgIpc) is 2.99. The number of ether oxygens (including phenoxy) is 1. The Morgan fingerprint density at radius 2 is 2.22 bits per heavy atom. The first-order valence-corrected chi connectivity index (χ1v) is 6.55. The Morgan fingerprint density at radius 1 is 1.50 bits per heavy atom. The summed E-state index contributed by atoms with van der Waals surface area (Å²) in [5.41, 5.74) is 6.64. The highest BCUT2D eigenvalue weighted by molar-refractivity contribution is 5.88. The highest BCUT2D eigenvalue weighted by atomic mass is 16.5. The summed E-state index contributed by atoms with van der Waals surface area (Å²) in [5, 5.41) is 7.95. The second-order valence-corrected chi connectivity index (χ2v) is 4.64. The summed E-state index contributed by atoms with van der Waals surface area (Å²) in [4.78, 5) is 11.7. The molecule has 1 heterocycles. The molecule has 0 aromatic carbocycles. The molecule has 0 amide bonds. The van der Waals surface area contributed by atoms with Crippen molar-refractivity contribution in [1.82, 2.24) is 15.0 Å². The number of rotatable bonds is 5. The zero-order chi connectivity index (χ0) is 13.0. The highest BCUT2D eigenvalue weighted by Crippen LogP contribution is 2.26. The Labute approximate surface area is 106 Å². The molecule has 0 spiro atoms. The lowest BCUT2D eigenvalue weighted by atomic mass is 10.1. The van der Waals surface area contributed by atoms with Crippen molar-refractivity contribution in [3.63, 3.8) is 0 Å². The van der Waals surface area contributed by atoms with Gasteiger partial charge in [-0.1, -0.05) is 18.1 Å². The van der Waals surface area contributed by atoms with E-state index in [1.165, 1.54) is 25.7 Å². The van der Waals surface area contributed by atoms with E-state index in [0.29, 0.717) is 18.2 Å². The van der Waals surface area contributed by atoms with E-state index in [4.69, 9.17) is 10.5 Å². The number of nitrogens with zero attached hydrogens (tertiary/aromatic N) is 3. The summed E-state index contributed by atoms with van der Waals surface area (Å²) in [6, 6.07) is 0. The summed E-state index contributed by atoms with van der Waals surface area (Å²) >= 11 is 0. The number of hydrogen-bond acceptors (Lipinski definition) is 5. The molecule has 2 N–H and O–H groups in total. The maximum Gasteiger partial charge on any atom is 0.360 e. The lowest BCUT2D eigenvalue weighted by Gasteiger charge is -2.10. The second kappa shape index (κ2) is 5.95. The van der Waals surface area contributed by atoms with E-state index in [1.807, 2.05) is 0 Å². The normalized spacial score (nSPS) is 16.1. The lowest BCUT2D eigenvalue weighted by molar-refractivity contribution is 0.0518. The van der Waals surface area contributed by atoms with Crippen LogP contribution >= 0.6 is 0 Å². The molecule has 0 atom stereocenters. The van der Waals surface area contributed by atoms with Crippen molar-refractivity contribution >= 4 is 5.97 Å².